The van der Waals surface area contributed by atoms with Gasteiger partial charge in [0.25, 0.3) is 0 Å². The SMILES string of the molecule is CCN(CC)C(=O)[C@@H]1C=C2c3cccc4c3C(=CN(C(=O)CCC(C)C)C4)C[C@H]2N(C)C1. The van der Waals surface area contributed by atoms with E-state index in [0.717, 1.165) is 32.5 Å². The van der Waals surface area contributed by atoms with Crippen molar-refractivity contribution in [3.8, 4) is 0 Å². The first-order valence-electron chi connectivity index (χ1n) is 12.2. The number of nitrogens with zero attached hydrogens (tertiary/aromatic N) is 3. The highest BCUT2D eigenvalue weighted by Crippen LogP contribution is 2.46. The van der Waals surface area contributed by atoms with Gasteiger partial charge >= 0.3 is 0 Å². The van der Waals surface area contributed by atoms with Gasteiger partial charge in [-0.3, -0.25) is 14.5 Å². The van der Waals surface area contributed by atoms with Crippen LogP contribution < -0.4 is 0 Å². The van der Waals surface area contributed by atoms with Crippen LogP contribution in [0.1, 0.15) is 63.6 Å². The lowest BCUT2D eigenvalue weighted by Gasteiger charge is -2.43. The van der Waals surface area contributed by atoms with Crippen LogP contribution >= 0.6 is 0 Å². The molecular weight excluding hydrogens is 398 g/mol. The van der Waals surface area contributed by atoms with Crippen LogP contribution in [0.5, 0.6) is 0 Å². The van der Waals surface area contributed by atoms with Crippen LogP contribution in [0.3, 0.4) is 0 Å². The molecule has 5 nitrogen and oxygen atoms in total. The van der Waals surface area contributed by atoms with Crippen LogP contribution in [-0.2, 0) is 16.1 Å². The van der Waals surface area contributed by atoms with E-state index >= 15 is 0 Å². The third-order valence-electron chi connectivity index (χ3n) is 7.25. The van der Waals surface area contributed by atoms with Crippen LogP contribution in [0, 0.1) is 11.8 Å². The molecule has 0 radical (unpaired) electrons. The van der Waals surface area contributed by atoms with Gasteiger partial charge in [-0.25, -0.2) is 0 Å². The Bertz CT molecular complexity index is 958. The summed E-state index contributed by atoms with van der Waals surface area (Å²) >= 11 is 0. The van der Waals surface area contributed by atoms with Gasteiger partial charge in [0.2, 0.25) is 11.8 Å². The third kappa shape index (κ3) is 4.15. The zero-order valence-electron chi connectivity index (χ0n) is 20.2. The van der Waals surface area contributed by atoms with Gasteiger partial charge in [-0.1, -0.05) is 38.1 Å². The number of amides is 2. The van der Waals surface area contributed by atoms with Crippen molar-refractivity contribution in [2.75, 3.05) is 26.7 Å². The molecule has 0 aromatic heterocycles. The fourth-order valence-electron chi connectivity index (χ4n) is 5.42. The molecule has 2 atom stereocenters. The second kappa shape index (κ2) is 9.22. The fourth-order valence-corrected chi connectivity index (χ4v) is 5.42. The van der Waals surface area contributed by atoms with Crippen LogP contribution in [0.25, 0.3) is 11.1 Å². The van der Waals surface area contributed by atoms with Crippen molar-refractivity contribution >= 4 is 23.0 Å². The zero-order chi connectivity index (χ0) is 23.0. The number of rotatable bonds is 6. The third-order valence-corrected chi connectivity index (χ3v) is 7.25. The Hall–Kier alpha value is -2.40. The van der Waals surface area contributed by atoms with Crippen LogP contribution in [0.4, 0.5) is 0 Å². The summed E-state index contributed by atoms with van der Waals surface area (Å²) in [5, 5.41) is 0. The molecule has 1 aromatic carbocycles. The second-order valence-electron chi connectivity index (χ2n) is 9.85. The maximum atomic E-state index is 13.1. The Morgan fingerprint density at radius 1 is 1.19 bits per heavy atom. The number of hydrogen-bond acceptors (Lipinski definition) is 3. The Balaban J connectivity index is 1.68. The molecule has 5 heteroatoms. The first kappa shape index (κ1) is 22.8. The summed E-state index contributed by atoms with van der Waals surface area (Å²) in [5.41, 5.74) is 6.27. The summed E-state index contributed by atoms with van der Waals surface area (Å²) in [6.45, 7) is 11.3. The second-order valence-corrected chi connectivity index (χ2v) is 9.85. The zero-order valence-corrected chi connectivity index (χ0v) is 20.2. The predicted molar refractivity (Wildman–Crippen MR) is 129 cm³/mol. The lowest BCUT2D eigenvalue weighted by molar-refractivity contribution is -0.134. The van der Waals surface area contributed by atoms with Crippen molar-refractivity contribution in [1.29, 1.82) is 0 Å². The summed E-state index contributed by atoms with van der Waals surface area (Å²) in [4.78, 5) is 32.2. The summed E-state index contributed by atoms with van der Waals surface area (Å²) in [6.07, 6.45) is 6.74. The molecule has 0 fully saturated rings. The van der Waals surface area contributed by atoms with Crippen LogP contribution in [0.2, 0.25) is 0 Å². The van der Waals surface area contributed by atoms with Crippen molar-refractivity contribution in [2.24, 2.45) is 11.8 Å². The lowest BCUT2D eigenvalue weighted by Crippen LogP contribution is -2.47. The molecule has 0 spiro atoms. The molecule has 172 valence electrons. The molecular formula is C27H37N3O2. The van der Waals surface area contributed by atoms with E-state index in [-0.39, 0.29) is 23.8 Å². The van der Waals surface area contributed by atoms with E-state index in [1.807, 2.05) is 23.6 Å². The van der Waals surface area contributed by atoms with E-state index in [1.165, 1.54) is 27.8 Å². The van der Waals surface area contributed by atoms with Gasteiger partial charge in [0.1, 0.15) is 0 Å². The van der Waals surface area contributed by atoms with Gasteiger partial charge < -0.3 is 9.80 Å². The van der Waals surface area contributed by atoms with E-state index in [9.17, 15) is 9.59 Å². The smallest absolute Gasteiger partial charge is 0.230 e. The van der Waals surface area contributed by atoms with Gasteiger partial charge in [-0.2, -0.15) is 0 Å². The molecule has 1 aliphatic carbocycles. The molecule has 4 rings (SSSR count). The highest BCUT2D eigenvalue weighted by molar-refractivity contribution is 5.93. The minimum absolute atomic E-state index is 0.106. The molecule has 3 aliphatic rings. The Labute approximate surface area is 192 Å². The summed E-state index contributed by atoms with van der Waals surface area (Å²) in [7, 11) is 2.13. The van der Waals surface area contributed by atoms with Crippen molar-refractivity contribution in [2.45, 2.75) is 59.5 Å². The van der Waals surface area contributed by atoms with Crippen LogP contribution in [0.15, 0.2) is 30.5 Å². The molecule has 1 aromatic rings. The first-order valence-corrected chi connectivity index (χ1v) is 12.2. The van der Waals surface area contributed by atoms with Crippen molar-refractivity contribution < 1.29 is 9.59 Å². The van der Waals surface area contributed by atoms with Gasteiger partial charge in [-0.15, -0.1) is 0 Å². The molecule has 2 aliphatic heterocycles. The lowest BCUT2D eigenvalue weighted by atomic mass is 9.74. The summed E-state index contributed by atoms with van der Waals surface area (Å²) in [6, 6.07) is 6.70. The summed E-state index contributed by atoms with van der Waals surface area (Å²) in [5.74, 6) is 0.858. The molecule has 2 heterocycles. The molecule has 0 bridgehead atoms. The van der Waals surface area contributed by atoms with E-state index in [4.69, 9.17) is 0 Å². The normalized spacial score (nSPS) is 22.1. The van der Waals surface area contributed by atoms with E-state index in [0.29, 0.717) is 18.9 Å². The van der Waals surface area contributed by atoms with E-state index in [2.05, 4.69) is 56.3 Å². The van der Waals surface area contributed by atoms with Gasteiger partial charge in [0.05, 0.1) is 12.5 Å². The molecule has 0 unspecified atom stereocenters. The van der Waals surface area contributed by atoms with E-state index < -0.39 is 0 Å². The number of benzene rings is 1. The number of carbonyl (C=O) groups is 2. The minimum atomic E-state index is -0.106. The average Bonchev–Trinajstić information content (AvgIpc) is 2.78. The van der Waals surface area contributed by atoms with Crippen molar-refractivity contribution in [3.63, 3.8) is 0 Å². The summed E-state index contributed by atoms with van der Waals surface area (Å²) < 4.78 is 0. The number of likely N-dealkylation sites (N-methyl/N-ethyl adjacent to an activating group) is 1. The maximum absolute atomic E-state index is 13.1. The predicted octanol–water partition coefficient (Wildman–Crippen LogP) is 4.39. The number of hydrogen-bond donors (Lipinski definition) is 0. The van der Waals surface area contributed by atoms with E-state index in [1.54, 1.807) is 0 Å². The topological polar surface area (TPSA) is 43.9 Å². The Morgan fingerprint density at radius 2 is 1.94 bits per heavy atom. The first-order chi connectivity index (χ1) is 15.3. The molecule has 32 heavy (non-hydrogen) atoms. The Morgan fingerprint density at radius 3 is 2.62 bits per heavy atom. The van der Waals surface area contributed by atoms with Gasteiger partial charge in [-0.05, 0) is 67.5 Å². The highest BCUT2D eigenvalue weighted by Gasteiger charge is 2.39. The number of carbonyl (C=O) groups excluding carboxylic acids is 2. The molecule has 0 N–H and O–H groups in total. The maximum Gasteiger partial charge on any atom is 0.230 e. The Kier molecular flexibility index (Phi) is 6.57. The monoisotopic (exact) mass is 435 g/mol. The molecule has 2 amide bonds. The highest BCUT2D eigenvalue weighted by atomic mass is 16.2. The quantitative estimate of drug-likeness (QED) is 0.666. The standard InChI is InChI=1S/C27H37N3O2/c1-6-29(7-2)27(32)21-13-23-22-10-8-9-19-16-30(25(31)12-11-18(3)4)17-20(26(19)22)14-24(23)28(5)15-21/h8-10,13,17-18,21,24H,6-7,11-12,14-16H2,1-5H3/t21-,24-/m1/s1. The van der Waals surface area contributed by atoms with Crippen molar-refractivity contribution in [1.82, 2.24) is 14.7 Å². The van der Waals surface area contributed by atoms with Gasteiger partial charge in [0.15, 0.2) is 0 Å². The molecule has 0 saturated heterocycles. The average molecular weight is 436 g/mol. The van der Waals surface area contributed by atoms with Crippen molar-refractivity contribution in [3.05, 3.63) is 47.2 Å². The minimum Gasteiger partial charge on any atom is -0.343 e. The fraction of sp³-hybridized carbons (Fsp3) is 0.556. The van der Waals surface area contributed by atoms with Crippen LogP contribution in [-0.4, -0.2) is 59.2 Å². The van der Waals surface area contributed by atoms with Gasteiger partial charge in [0, 0.05) is 38.3 Å². The molecule has 0 saturated carbocycles. The number of fused-ring (bicyclic) bond motifs is 2. The largest absolute Gasteiger partial charge is 0.343 e.